The van der Waals surface area contributed by atoms with Gasteiger partial charge in [-0.2, -0.15) is 0 Å². The highest BCUT2D eigenvalue weighted by molar-refractivity contribution is 5.80. The van der Waals surface area contributed by atoms with E-state index in [1.165, 1.54) is 12.1 Å². The minimum atomic E-state index is -0.298. The zero-order valence-corrected chi connectivity index (χ0v) is 17.5. The third kappa shape index (κ3) is 6.67. The summed E-state index contributed by atoms with van der Waals surface area (Å²) in [5, 5.41) is 3.39. The van der Waals surface area contributed by atoms with Gasteiger partial charge in [0.1, 0.15) is 11.6 Å². The summed E-state index contributed by atoms with van der Waals surface area (Å²) in [7, 11) is 3.47. The predicted octanol–water partition coefficient (Wildman–Crippen LogP) is 3.07. The van der Waals surface area contributed by atoms with Crippen LogP contribution in [0.4, 0.5) is 4.39 Å². The van der Waals surface area contributed by atoms with E-state index >= 15 is 0 Å². The summed E-state index contributed by atoms with van der Waals surface area (Å²) in [6, 6.07) is 9.60. The average molecular weight is 416 g/mol. The Kier molecular flexibility index (Phi) is 8.41. The fourth-order valence-electron chi connectivity index (χ4n) is 3.27. The van der Waals surface area contributed by atoms with Gasteiger partial charge in [0.05, 0.1) is 19.8 Å². The van der Waals surface area contributed by atoms with Gasteiger partial charge in [-0.1, -0.05) is 6.07 Å². The van der Waals surface area contributed by atoms with Crippen LogP contribution in [0.5, 0.6) is 11.6 Å². The topological polar surface area (TPSA) is 68.2 Å². The minimum Gasteiger partial charge on any atom is -0.439 e. The van der Waals surface area contributed by atoms with Gasteiger partial charge in [0.2, 0.25) is 5.88 Å². The number of hydrogen-bond acceptors (Lipinski definition) is 5. The molecule has 3 rings (SSSR count). The Hall–Kier alpha value is -2.71. The summed E-state index contributed by atoms with van der Waals surface area (Å²) in [6.45, 7) is 4.50. The molecular weight excluding hydrogens is 387 g/mol. The first-order valence-electron chi connectivity index (χ1n) is 10.1. The number of nitrogens with one attached hydrogen (secondary N) is 1. The highest BCUT2D eigenvalue weighted by atomic mass is 19.1. The van der Waals surface area contributed by atoms with E-state index < -0.39 is 0 Å². The van der Waals surface area contributed by atoms with Crippen molar-refractivity contribution in [3.8, 4) is 11.6 Å². The smallest absolute Gasteiger partial charge is 0.219 e. The Morgan fingerprint density at radius 1 is 1.23 bits per heavy atom. The molecule has 1 unspecified atom stereocenters. The summed E-state index contributed by atoms with van der Waals surface area (Å²) in [5.74, 6) is 2.09. The molecule has 1 fully saturated rings. The molecule has 2 heterocycles. The predicted molar refractivity (Wildman–Crippen MR) is 113 cm³/mol. The summed E-state index contributed by atoms with van der Waals surface area (Å²) in [4.78, 5) is 11.0. The molecule has 7 nitrogen and oxygen atoms in total. The maximum atomic E-state index is 13.0. The summed E-state index contributed by atoms with van der Waals surface area (Å²) < 4.78 is 29.3. The zero-order chi connectivity index (χ0) is 21.2. The molecule has 1 aromatic heterocycles. The van der Waals surface area contributed by atoms with Crippen LogP contribution in [0.25, 0.3) is 0 Å². The number of methoxy groups -OCH3 is 1. The van der Waals surface area contributed by atoms with Gasteiger partial charge in [-0.3, -0.25) is 4.99 Å². The van der Waals surface area contributed by atoms with Gasteiger partial charge >= 0.3 is 0 Å². The standard InChI is InChI=1S/C22H29FN4O3/c1-24-22(27-10-9-18(15-27)16-29-12-11-28-2)26-14-17-3-8-21(25-13-17)30-20-6-4-19(23)5-7-20/h3-8,13,18H,9-12,14-16H2,1-2H3,(H,24,26). The Labute approximate surface area is 176 Å². The lowest BCUT2D eigenvalue weighted by molar-refractivity contribution is 0.0536. The highest BCUT2D eigenvalue weighted by Crippen LogP contribution is 2.20. The molecule has 0 bridgehead atoms. The average Bonchev–Trinajstić information content (AvgIpc) is 3.23. The third-order valence-corrected chi connectivity index (χ3v) is 4.87. The number of halogens is 1. The van der Waals surface area contributed by atoms with Gasteiger partial charge in [0.25, 0.3) is 0 Å². The summed E-state index contributed by atoms with van der Waals surface area (Å²) in [5.41, 5.74) is 1.02. The Morgan fingerprint density at radius 3 is 2.77 bits per heavy atom. The van der Waals surface area contributed by atoms with Crippen molar-refractivity contribution in [2.45, 2.75) is 13.0 Å². The number of benzene rings is 1. The van der Waals surface area contributed by atoms with Gasteiger partial charge in [0.15, 0.2) is 5.96 Å². The molecule has 0 spiro atoms. The zero-order valence-electron chi connectivity index (χ0n) is 17.5. The Morgan fingerprint density at radius 2 is 2.07 bits per heavy atom. The Bertz CT molecular complexity index is 799. The number of guanidine groups is 1. The summed E-state index contributed by atoms with van der Waals surface area (Å²) >= 11 is 0. The van der Waals surface area contributed by atoms with Crippen molar-refractivity contribution in [1.82, 2.24) is 15.2 Å². The molecule has 8 heteroatoms. The fraction of sp³-hybridized carbons (Fsp3) is 0.455. The van der Waals surface area contributed by atoms with Crippen molar-refractivity contribution in [3.05, 3.63) is 54.0 Å². The molecule has 0 saturated carbocycles. The van der Waals surface area contributed by atoms with E-state index in [1.807, 2.05) is 6.07 Å². The quantitative estimate of drug-likeness (QED) is 0.385. The van der Waals surface area contributed by atoms with Crippen LogP contribution in [0, 0.1) is 11.7 Å². The van der Waals surface area contributed by atoms with Crippen LogP contribution in [0.15, 0.2) is 47.6 Å². The lowest BCUT2D eigenvalue weighted by Crippen LogP contribution is -2.39. The van der Waals surface area contributed by atoms with Gasteiger partial charge in [-0.05, 0) is 36.2 Å². The molecule has 0 amide bonds. The number of pyridine rings is 1. The molecule has 1 aromatic carbocycles. The van der Waals surface area contributed by atoms with Crippen molar-refractivity contribution in [1.29, 1.82) is 0 Å². The largest absolute Gasteiger partial charge is 0.439 e. The monoisotopic (exact) mass is 416 g/mol. The van der Waals surface area contributed by atoms with Crippen molar-refractivity contribution in [2.75, 3.05) is 47.1 Å². The first kappa shape index (κ1) is 22.0. The molecule has 1 N–H and O–H groups in total. The second-order valence-electron chi connectivity index (χ2n) is 7.13. The first-order valence-corrected chi connectivity index (χ1v) is 10.1. The van der Waals surface area contributed by atoms with Crippen LogP contribution in [0.1, 0.15) is 12.0 Å². The minimum absolute atomic E-state index is 0.298. The number of rotatable bonds is 9. The fourth-order valence-corrected chi connectivity index (χ4v) is 3.27. The molecule has 1 atom stereocenters. The van der Waals surface area contributed by atoms with E-state index in [2.05, 4.69) is 20.2 Å². The van der Waals surface area contributed by atoms with Crippen LogP contribution in [-0.2, 0) is 16.0 Å². The van der Waals surface area contributed by atoms with E-state index in [9.17, 15) is 4.39 Å². The van der Waals surface area contributed by atoms with E-state index in [0.717, 1.165) is 37.6 Å². The number of ether oxygens (including phenoxy) is 3. The number of nitrogens with zero attached hydrogens (tertiary/aromatic N) is 3. The van der Waals surface area contributed by atoms with Crippen LogP contribution >= 0.6 is 0 Å². The number of likely N-dealkylation sites (tertiary alicyclic amines) is 1. The van der Waals surface area contributed by atoms with Crippen LogP contribution in [0.2, 0.25) is 0 Å². The molecule has 1 saturated heterocycles. The highest BCUT2D eigenvalue weighted by Gasteiger charge is 2.24. The molecule has 1 aliphatic rings. The molecule has 162 valence electrons. The SMILES string of the molecule is CN=C(NCc1ccc(Oc2ccc(F)cc2)nc1)N1CCC(COCCOC)C1. The molecule has 1 aliphatic heterocycles. The molecule has 0 aliphatic carbocycles. The van der Waals surface area contributed by atoms with Gasteiger partial charge < -0.3 is 24.4 Å². The van der Waals surface area contributed by atoms with Crippen molar-refractivity contribution in [3.63, 3.8) is 0 Å². The van der Waals surface area contributed by atoms with Crippen molar-refractivity contribution < 1.29 is 18.6 Å². The van der Waals surface area contributed by atoms with E-state index in [4.69, 9.17) is 14.2 Å². The van der Waals surface area contributed by atoms with Gasteiger partial charge in [-0.15, -0.1) is 0 Å². The van der Waals surface area contributed by atoms with Gasteiger partial charge in [0, 0.05) is 52.0 Å². The van der Waals surface area contributed by atoms with Crippen LogP contribution < -0.4 is 10.1 Å². The van der Waals surface area contributed by atoms with Crippen molar-refractivity contribution >= 4 is 5.96 Å². The maximum absolute atomic E-state index is 13.0. The van der Waals surface area contributed by atoms with Crippen molar-refractivity contribution in [2.24, 2.45) is 10.9 Å². The number of aliphatic imine (C=N–C) groups is 1. The first-order chi connectivity index (χ1) is 14.7. The summed E-state index contributed by atoms with van der Waals surface area (Å²) in [6.07, 6.45) is 2.85. The number of hydrogen-bond donors (Lipinski definition) is 1. The van der Waals surface area contributed by atoms with Gasteiger partial charge in [-0.25, -0.2) is 9.37 Å². The van der Waals surface area contributed by atoms with E-state index in [0.29, 0.717) is 37.3 Å². The number of aromatic nitrogens is 1. The third-order valence-electron chi connectivity index (χ3n) is 4.87. The van der Waals surface area contributed by atoms with Crippen LogP contribution in [-0.4, -0.2) is 62.9 Å². The van der Waals surface area contributed by atoms with Crippen LogP contribution in [0.3, 0.4) is 0 Å². The Balaban J connectivity index is 1.44. The molecular formula is C22H29FN4O3. The lowest BCUT2D eigenvalue weighted by Gasteiger charge is -2.21. The second kappa shape index (κ2) is 11.5. The van der Waals surface area contributed by atoms with E-state index in [-0.39, 0.29) is 5.82 Å². The maximum Gasteiger partial charge on any atom is 0.219 e. The van der Waals surface area contributed by atoms with E-state index in [1.54, 1.807) is 38.6 Å². The molecule has 0 radical (unpaired) electrons. The lowest BCUT2D eigenvalue weighted by atomic mass is 10.1. The molecule has 2 aromatic rings. The molecule has 30 heavy (non-hydrogen) atoms. The second-order valence-corrected chi connectivity index (χ2v) is 7.13. The normalized spacial score (nSPS) is 16.7.